The number of halogens is 1. The molecule has 23 heavy (non-hydrogen) atoms. The fourth-order valence-electron chi connectivity index (χ4n) is 2.82. The van der Waals surface area contributed by atoms with Gasteiger partial charge in [-0.2, -0.15) is 17.0 Å². The van der Waals surface area contributed by atoms with E-state index >= 15 is 0 Å². The minimum atomic E-state index is -3.50. The standard InChI is InChI=1S/C15H19FN4O2S/c1-19(2)23(21,22)20-9-5-8-14(20)15-17-10-13(18-15)11-6-3-4-7-12(11)16/h3-4,6-7,10,14H,5,8-9H2,1-2H3,(H,17,18)/t14-/m1/s1. The Morgan fingerprint density at radius 1 is 1.35 bits per heavy atom. The summed E-state index contributed by atoms with van der Waals surface area (Å²) in [6.07, 6.45) is 3.01. The summed E-state index contributed by atoms with van der Waals surface area (Å²) in [5.74, 6) is 0.207. The van der Waals surface area contributed by atoms with Gasteiger partial charge in [0.15, 0.2) is 0 Å². The molecule has 6 nitrogen and oxygen atoms in total. The van der Waals surface area contributed by atoms with E-state index in [4.69, 9.17) is 0 Å². The SMILES string of the molecule is CN(C)S(=O)(=O)N1CCC[C@@H]1c1ncc(-c2ccccc2F)[nH]1. The number of rotatable bonds is 4. The Labute approximate surface area is 135 Å². The van der Waals surface area contributed by atoms with Gasteiger partial charge in [-0.25, -0.2) is 9.37 Å². The van der Waals surface area contributed by atoms with Crippen LogP contribution >= 0.6 is 0 Å². The normalized spacial score (nSPS) is 19.6. The van der Waals surface area contributed by atoms with E-state index < -0.39 is 10.2 Å². The number of nitrogens with zero attached hydrogens (tertiary/aromatic N) is 3. The number of hydrogen-bond acceptors (Lipinski definition) is 3. The lowest BCUT2D eigenvalue weighted by Crippen LogP contribution is -2.39. The van der Waals surface area contributed by atoms with Gasteiger partial charge in [0.05, 0.1) is 17.9 Å². The number of nitrogens with one attached hydrogen (secondary N) is 1. The minimum Gasteiger partial charge on any atom is -0.341 e. The highest BCUT2D eigenvalue weighted by molar-refractivity contribution is 7.86. The molecule has 0 bridgehead atoms. The summed E-state index contributed by atoms with van der Waals surface area (Å²) in [6.45, 7) is 0.459. The summed E-state index contributed by atoms with van der Waals surface area (Å²) in [5, 5.41) is 0. The maximum atomic E-state index is 13.9. The van der Waals surface area contributed by atoms with Crippen LogP contribution in [0.3, 0.4) is 0 Å². The molecule has 0 saturated carbocycles. The van der Waals surface area contributed by atoms with E-state index in [9.17, 15) is 12.8 Å². The van der Waals surface area contributed by atoms with Crippen molar-refractivity contribution in [3.8, 4) is 11.3 Å². The van der Waals surface area contributed by atoms with Crippen molar-refractivity contribution in [2.45, 2.75) is 18.9 Å². The van der Waals surface area contributed by atoms with Crippen LogP contribution < -0.4 is 0 Å². The predicted octanol–water partition coefficient (Wildman–Crippen LogP) is 2.16. The van der Waals surface area contributed by atoms with E-state index in [0.717, 1.165) is 6.42 Å². The van der Waals surface area contributed by atoms with Crippen LogP contribution in [-0.2, 0) is 10.2 Å². The van der Waals surface area contributed by atoms with Gasteiger partial charge in [0.2, 0.25) is 0 Å². The monoisotopic (exact) mass is 338 g/mol. The Morgan fingerprint density at radius 2 is 2.09 bits per heavy atom. The van der Waals surface area contributed by atoms with Crippen molar-refractivity contribution in [1.82, 2.24) is 18.6 Å². The number of aromatic amines is 1. The lowest BCUT2D eigenvalue weighted by molar-refractivity contribution is 0.354. The maximum absolute atomic E-state index is 13.9. The predicted molar refractivity (Wildman–Crippen MR) is 85.3 cm³/mol. The van der Waals surface area contributed by atoms with Crippen LogP contribution in [0.1, 0.15) is 24.7 Å². The molecule has 0 spiro atoms. The fraction of sp³-hybridized carbons (Fsp3) is 0.400. The summed E-state index contributed by atoms with van der Waals surface area (Å²) in [4.78, 5) is 7.37. The van der Waals surface area contributed by atoms with Gasteiger partial charge in [0.25, 0.3) is 10.2 Å². The van der Waals surface area contributed by atoms with Crippen LogP contribution in [0.5, 0.6) is 0 Å². The smallest absolute Gasteiger partial charge is 0.282 e. The van der Waals surface area contributed by atoms with Crippen LogP contribution in [0.15, 0.2) is 30.5 Å². The molecular formula is C15H19FN4O2S. The first-order valence-electron chi connectivity index (χ1n) is 7.40. The Balaban J connectivity index is 1.93. The van der Waals surface area contributed by atoms with E-state index in [2.05, 4.69) is 9.97 Å². The molecule has 1 aromatic carbocycles. The highest BCUT2D eigenvalue weighted by Crippen LogP contribution is 2.34. The number of benzene rings is 1. The number of imidazole rings is 1. The molecule has 2 heterocycles. The molecule has 3 rings (SSSR count). The average molecular weight is 338 g/mol. The second kappa shape index (κ2) is 6.03. The van der Waals surface area contributed by atoms with Crippen molar-refractivity contribution in [3.05, 3.63) is 42.1 Å². The van der Waals surface area contributed by atoms with Crippen molar-refractivity contribution in [2.24, 2.45) is 0 Å². The van der Waals surface area contributed by atoms with E-state index in [1.165, 1.54) is 28.8 Å². The van der Waals surface area contributed by atoms with Crippen molar-refractivity contribution in [2.75, 3.05) is 20.6 Å². The Bertz CT molecular complexity index is 803. The molecule has 2 aromatic rings. The van der Waals surface area contributed by atoms with E-state index in [-0.39, 0.29) is 11.9 Å². The lowest BCUT2D eigenvalue weighted by atomic mass is 10.1. The summed E-state index contributed by atoms with van der Waals surface area (Å²) in [6, 6.07) is 6.07. The second-order valence-corrected chi connectivity index (χ2v) is 7.82. The zero-order chi connectivity index (χ0) is 16.6. The quantitative estimate of drug-likeness (QED) is 0.929. The number of H-pyrrole nitrogens is 1. The first-order chi connectivity index (χ1) is 10.9. The summed E-state index contributed by atoms with van der Waals surface area (Å²) < 4.78 is 41.3. The number of aromatic nitrogens is 2. The first-order valence-corrected chi connectivity index (χ1v) is 8.80. The third kappa shape index (κ3) is 2.89. The molecular weight excluding hydrogens is 319 g/mol. The molecule has 0 amide bonds. The molecule has 1 atom stereocenters. The summed E-state index contributed by atoms with van der Waals surface area (Å²) >= 11 is 0. The largest absolute Gasteiger partial charge is 0.341 e. The minimum absolute atomic E-state index is 0.341. The van der Waals surface area contributed by atoms with Gasteiger partial charge < -0.3 is 4.98 Å². The number of hydrogen-bond donors (Lipinski definition) is 1. The Morgan fingerprint density at radius 3 is 2.78 bits per heavy atom. The van der Waals surface area contributed by atoms with Crippen molar-refractivity contribution < 1.29 is 12.8 Å². The molecule has 0 aliphatic carbocycles. The lowest BCUT2D eigenvalue weighted by Gasteiger charge is -2.25. The van der Waals surface area contributed by atoms with Crippen LogP contribution in [0.4, 0.5) is 4.39 Å². The molecule has 124 valence electrons. The van der Waals surface area contributed by atoms with Gasteiger partial charge in [-0.15, -0.1) is 0 Å². The average Bonchev–Trinajstić information content (AvgIpc) is 3.16. The molecule has 1 saturated heterocycles. The Kier molecular flexibility index (Phi) is 4.22. The highest BCUT2D eigenvalue weighted by atomic mass is 32.2. The fourth-order valence-corrected chi connectivity index (χ4v) is 4.13. The molecule has 1 N–H and O–H groups in total. The van der Waals surface area contributed by atoms with Gasteiger partial charge in [0.1, 0.15) is 11.6 Å². The van der Waals surface area contributed by atoms with E-state index in [1.54, 1.807) is 24.4 Å². The molecule has 0 unspecified atom stereocenters. The molecule has 1 fully saturated rings. The van der Waals surface area contributed by atoms with Crippen molar-refractivity contribution in [3.63, 3.8) is 0 Å². The van der Waals surface area contributed by atoms with Gasteiger partial charge in [-0.1, -0.05) is 12.1 Å². The third-order valence-corrected chi connectivity index (χ3v) is 5.99. The summed E-state index contributed by atoms with van der Waals surface area (Å²) in [5.41, 5.74) is 0.971. The van der Waals surface area contributed by atoms with Gasteiger partial charge in [-0.05, 0) is 25.0 Å². The molecule has 8 heteroatoms. The van der Waals surface area contributed by atoms with Crippen molar-refractivity contribution >= 4 is 10.2 Å². The zero-order valence-electron chi connectivity index (χ0n) is 13.0. The second-order valence-electron chi connectivity index (χ2n) is 5.72. The van der Waals surface area contributed by atoms with E-state index in [1.807, 2.05) is 0 Å². The molecule has 1 aliphatic heterocycles. The highest BCUT2D eigenvalue weighted by Gasteiger charge is 2.38. The molecule has 1 aliphatic rings. The zero-order valence-corrected chi connectivity index (χ0v) is 13.8. The maximum Gasteiger partial charge on any atom is 0.282 e. The van der Waals surface area contributed by atoms with Crippen LogP contribution in [0, 0.1) is 5.82 Å². The summed E-state index contributed by atoms with van der Waals surface area (Å²) in [7, 11) is -0.482. The van der Waals surface area contributed by atoms with E-state index in [0.29, 0.717) is 30.0 Å². The first kappa shape index (κ1) is 16.1. The van der Waals surface area contributed by atoms with Crippen LogP contribution in [-0.4, -0.2) is 47.6 Å². The van der Waals surface area contributed by atoms with Crippen LogP contribution in [0.25, 0.3) is 11.3 Å². The van der Waals surface area contributed by atoms with Crippen molar-refractivity contribution in [1.29, 1.82) is 0 Å². The molecule has 1 aromatic heterocycles. The van der Waals surface area contributed by atoms with Gasteiger partial charge in [0, 0.05) is 26.2 Å². The third-order valence-electron chi connectivity index (χ3n) is 4.04. The molecule has 0 radical (unpaired) electrons. The van der Waals surface area contributed by atoms with Gasteiger partial charge >= 0.3 is 0 Å². The van der Waals surface area contributed by atoms with Crippen LogP contribution in [0.2, 0.25) is 0 Å². The topological polar surface area (TPSA) is 69.3 Å². The van der Waals surface area contributed by atoms with Gasteiger partial charge in [-0.3, -0.25) is 0 Å². The Hall–Kier alpha value is -1.77.